The third-order valence-electron chi connectivity index (χ3n) is 6.28. The molecule has 5 rings (SSSR count). The number of hydrogen-bond acceptors (Lipinski definition) is 5. The highest BCUT2D eigenvalue weighted by molar-refractivity contribution is 8.26. The molecule has 1 N–H and O–H groups in total. The van der Waals surface area contributed by atoms with E-state index in [1.807, 2.05) is 12.1 Å². The van der Waals surface area contributed by atoms with E-state index in [9.17, 15) is 9.59 Å². The summed E-state index contributed by atoms with van der Waals surface area (Å²) in [4.78, 5) is 28.0. The van der Waals surface area contributed by atoms with Crippen molar-refractivity contribution < 1.29 is 14.7 Å². The van der Waals surface area contributed by atoms with Gasteiger partial charge in [0.1, 0.15) is 4.32 Å². The molecule has 2 atom stereocenters. The summed E-state index contributed by atoms with van der Waals surface area (Å²) >= 11 is 6.54. The molecule has 2 heterocycles. The molecule has 1 amide bonds. The number of aliphatic carboxylic acids is 1. The van der Waals surface area contributed by atoms with Crippen molar-refractivity contribution in [3.05, 3.63) is 64.6 Å². The molecule has 2 unspecified atom stereocenters. The van der Waals surface area contributed by atoms with Crippen LogP contribution >= 0.6 is 24.0 Å². The van der Waals surface area contributed by atoms with Crippen molar-refractivity contribution in [2.24, 2.45) is 0 Å². The van der Waals surface area contributed by atoms with Gasteiger partial charge in [-0.25, -0.2) is 0 Å². The van der Waals surface area contributed by atoms with Crippen LogP contribution < -0.4 is 4.90 Å². The molecule has 2 aliphatic heterocycles. The Labute approximate surface area is 190 Å². The first-order valence-corrected chi connectivity index (χ1v) is 11.7. The number of carbonyl (C=O) groups is 2. The lowest BCUT2D eigenvalue weighted by Gasteiger charge is -2.27. The van der Waals surface area contributed by atoms with Gasteiger partial charge in [0.25, 0.3) is 5.91 Å². The molecule has 3 aliphatic rings. The number of nitrogens with zero attached hydrogens (tertiary/aromatic N) is 2. The van der Waals surface area contributed by atoms with E-state index < -0.39 is 5.97 Å². The van der Waals surface area contributed by atoms with E-state index in [0.29, 0.717) is 21.2 Å². The Hall–Kier alpha value is -2.64. The van der Waals surface area contributed by atoms with E-state index in [-0.39, 0.29) is 18.9 Å². The van der Waals surface area contributed by atoms with Crippen molar-refractivity contribution in [2.75, 3.05) is 11.4 Å². The molecule has 1 saturated heterocycles. The molecule has 0 radical (unpaired) electrons. The van der Waals surface area contributed by atoms with Gasteiger partial charge in [-0.15, -0.1) is 0 Å². The van der Waals surface area contributed by atoms with Crippen LogP contribution in [0.3, 0.4) is 0 Å². The average molecular weight is 451 g/mol. The number of amides is 1. The highest BCUT2D eigenvalue weighted by Gasteiger charge is 2.42. The lowest BCUT2D eigenvalue weighted by Crippen LogP contribution is -2.30. The van der Waals surface area contributed by atoms with Crippen molar-refractivity contribution >= 4 is 57.6 Å². The van der Waals surface area contributed by atoms with Crippen LogP contribution in [0.15, 0.2) is 53.4 Å². The van der Waals surface area contributed by atoms with E-state index in [2.05, 4.69) is 47.4 Å². The van der Waals surface area contributed by atoms with Gasteiger partial charge in [-0.05, 0) is 54.3 Å². The van der Waals surface area contributed by atoms with Gasteiger partial charge in [0.05, 0.1) is 11.3 Å². The van der Waals surface area contributed by atoms with Crippen molar-refractivity contribution in [3.63, 3.8) is 0 Å². The lowest BCUT2D eigenvalue weighted by atomic mass is 9.96. The smallest absolute Gasteiger partial charge is 0.305 e. The molecular formula is C24H22N2O3S2. The Morgan fingerprint density at radius 1 is 1.19 bits per heavy atom. The molecule has 31 heavy (non-hydrogen) atoms. The fraction of sp³-hybridized carbons (Fsp3) is 0.292. The number of thioether (sulfide) groups is 1. The number of carboxylic acid groups (broad SMARTS) is 1. The fourth-order valence-electron chi connectivity index (χ4n) is 4.94. The number of hydrogen-bond donors (Lipinski definition) is 1. The number of benzene rings is 2. The number of carbonyl (C=O) groups excluding carboxylic acids is 1. The summed E-state index contributed by atoms with van der Waals surface area (Å²) in [6.45, 7) is 0.108. The molecule has 0 spiro atoms. The van der Waals surface area contributed by atoms with Crippen LogP contribution in [-0.4, -0.2) is 38.8 Å². The predicted octanol–water partition coefficient (Wildman–Crippen LogP) is 5.15. The second-order valence-corrected chi connectivity index (χ2v) is 9.78. The minimum absolute atomic E-state index is 0.108. The Morgan fingerprint density at radius 2 is 2.00 bits per heavy atom. The molecule has 1 aliphatic carbocycles. The zero-order valence-electron chi connectivity index (χ0n) is 16.9. The van der Waals surface area contributed by atoms with Gasteiger partial charge in [-0.3, -0.25) is 14.5 Å². The Balaban J connectivity index is 1.45. The third kappa shape index (κ3) is 3.66. The van der Waals surface area contributed by atoms with E-state index in [1.54, 1.807) is 0 Å². The van der Waals surface area contributed by atoms with Crippen LogP contribution in [0.1, 0.15) is 42.7 Å². The number of fused-ring (bicyclic) bond motifs is 3. The quantitative estimate of drug-likeness (QED) is 0.502. The normalized spacial score (nSPS) is 23.5. The second kappa shape index (κ2) is 8.13. The summed E-state index contributed by atoms with van der Waals surface area (Å²) in [5.41, 5.74) is 4.82. The molecule has 158 valence electrons. The fourth-order valence-corrected chi connectivity index (χ4v) is 6.25. The van der Waals surface area contributed by atoms with Crippen molar-refractivity contribution in [1.29, 1.82) is 0 Å². The molecule has 7 heteroatoms. The zero-order valence-corrected chi connectivity index (χ0v) is 18.5. The molecule has 2 aromatic rings. The van der Waals surface area contributed by atoms with Crippen LogP contribution in [0.2, 0.25) is 0 Å². The van der Waals surface area contributed by atoms with Gasteiger partial charge in [-0.1, -0.05) is 54.7 Å². The minimum Gasteiger partial charge on any atom is -0.481 e. The molecule has 0 bridgehead atoms. The molecule has 1 saturated carbocycles. The summed E-state index contributed by atoms with van der Waals surface area (Å²) in [7, 11) is 0. The topological polar surface area (TPSA) is 60.9 Å². The first-order valence-electron chi connectivity index (χ1n) is 10.5. The molecule has 2 aromatic carbocycles. The standard InChI is InChI=1S/C24H22N2O3S2/c27-22(28)11-12-25-23(29)21(31-24(25)30)14-15-9-10-20-18(13-15)17-7-4-8-19(17)26(20)16-5-2-1-3-6-16/h1-3,5-6,9-10,13-14,17,19H,4,7-8,11-12H2,(H,27,28). The van der Waals surface area contributed by atoms with Gasteiger partial charge in [-0.2, -0.15) is 0 Å². The highest BCUT2D eigenvalue weighted by Crippen LogP contribution is 2.52. The van der Waals surface area contributed by atoms with Crippen LogP contribution in [0.5, 0.6) is 0 Å². The molecule has 5 nitrogen and oxygen atoms in total. The molecule has 2 fully saturated rings. The summed E-state index contributed by atoms with van der Waals surface area (Å²) in [5.74, 6) is -0.638. The van der Waals surface area contributed by atoms with Crippen LogP contribution in [0.4, 0.5) is 11.4 Å². The third-order valence-corrected chi connectivity index (χ3v) is 7.65. The van der Waals surface area contributed by atoms with Gasteiger partial charge in [0.2, 0.25) is 0 Å². The maximum atomic E-state index is 12.7. The largest absolute Gasteiger partial charge is 0.481 e. The van der Waals surface area contributed by atoms with Crippen LogP contribution in [-0.2, 0) is 9.59 Å². The van der Waals surface area contributed by atoms with Crippen LogP contribution in [0.25, 0.3) is 6.08 Å². The lowest BCUT2D eigenvalue weighted by molar-refractivity contribution is -0.137. The number of rotatable bonds is 5. The SMILES string of the molecule is O=C(O)CCN1C(=O)C(=Cc2ccc3c(c2)C2CCCC2N3c2ccccc2)SC1=S. The predicted molar refractivity (Wildman–Crippen MR) is 128 cm³/mol. The van der Waals surface area contributed by atoms with Gasteiger partial charge >= 0.3 is 5.97 Å². The minimum atomic E-state index is -0.939. The van der Waals surface area contributed by atoms with Crippen molar-refractivity contribution in [1.82, 2.24) is 4.90 Å². The van der Waals surface area contributed by atoms with Crippen molar-refractivity contribution in [2.45, 2.75) is 37.6 Å². The summed E-state index contributed by atoms with van der Waals surface area (Å²) in [6, 6.07) is 17.5. The Morgan fingerprint density at radius 3 is 2.77 bits per heavy atom. The number of anilines is 2. The zero-order chi connectivity index (χ0) is 21.5. The maximum Gasteiger partial charge on any atom is 0.305 e. The van der Waals surface area contributed by atoms with Crippen LogP contribution in [0, 0.1) is 0 Å². The monoisotopic (exact) mass is 450 g/mol. The van der Waals surface area contributed by atoms with E-state index in [0.717, 1.165) is 5.56 Å². The van der Waals surface area contributed by atoms with E-state index in [4.69, 9.17) is 17.3 Å². The number of para-hydroxylation sites is 1. The molecular weight excluding hydrogens is 428 g/mol. The maximum absolute atomic E-state index is 12.7. The van der Waals surface area contributed by atoms with E-state index in [1.165, 1.54) is 52.9 Å². The van der Waals surface area contributed by atoms with Gasteiger partial charge < -0.3 is 10.0 Å². The Bertz CT molecular complexity index is 1100. The van der Waals surface area contributed by atoms with E-state index >= 15 is 0 Å². The first-order chi connectivity index (χ1) is 15.0. The molecule has 0 aromatic heterocycles. The summed E-state index contributed by atoms with van der Waals surface area (Å²) < 4.78 is 0.421. The summed E-state index contributed by atoms with van der Waals surface area (Å²) in [6.07, 6.45) is 5.37. The summed E-state index contributed by atoms with van der Waals surface area (Å²) in [5, 5.41) is 8.91. The highest BCUT2D eigenvalue weighted by atomic mass is 32.2. The van der Waals surface area contributed by atoms with Gasteiger partial charge in [0, 0.05) is 29.9 Å². The number of carboxylic acids is 1. The second-order valence-electron chi connectivity index (χ2n) is 8.11. The average Bonchev–Trinajstić information content (AvgIpc) is 3.41. The van der Waals surface area contributed by atoms with Gasteiger partial charge in [0.15, 0.2) is 0 Å². The number of thiocarbonyl (C=S) groups is 1. The van der Waals surface area contributed by atoms with Crippen molar-refractivity contribution in [3.8, 4) is 0 Å². The first kappa shape index (κ1) is 20.3. The Kier molecular flexibility index (Phi) is 5.32.